The normalized spacial score (nSPS) is 14.7. The smallest absolute Gasteiger partial charge is 0.313 e. The molecule has 0 spiro atoms. The fourth-order valence-corrected chi connectivity index (χ4v) is 2.05. The van der Waals surface area contributed by atoms with Crippen molar-refractivity contribution in [1.29, 1.82) is 0 Å². The first-order valence-corrected chi connectivity index (χ1v) is 6.36. The fraction of sp³-hybridized carbons (Fsp3) is 0.500. The average molecular weight is 296 g/mol. The highest BCUT2D eigenvalue weighted by Crippen LogP contribution is 2.35. The molecule has 0 unspecified atom stereocenters. The molecule has 2 heterocycles. The monoisotopic (exact) mass is 296 g/mol. The number of pyridine rings is 1. The molecule has 0 aliphatic carbocycles. The number of hydrogen-bond acceptors (Lipinski definition) is 7. The van der Waals surface area contributed by atoms with Gasteiger partial charge in [0.1, 0.15) is 5.69 Å². The van der Waals surface area contributed by atoms with Crippen LogP contribution >= 0.6 is 0 Å². The number of carbonyl (C=O) groups excluding carboxylic acids is 1. The van der Waals surface area contributed by atoms with Gasteiger partial charge in [0, 0.05) is 26.1 Å². The maximum Gasteiger partial charge on any atom is 0.313 e. The first-order valence-electron chi connectivity index (χ1n) is 6.36. The van der Waals surface area contributed by atoms with Gasteiger partial charge in [0.25, 0.3) is 0 Å². The van der Waals surface area contributed by atoms with Crippen LogP contribution in [0.4, 0.5) is 17.2 Å². The second kappa shape index (κ2) is 6.35. The maximum absolute atomic E-state index is 11.3. The van der Waals surface area contributed by atoms with E-state index in [-0.39, 0.29) is 29.0 Å². The van der Waals surface area contributed by atoms with Gasteiger partial charge in [0.05, 0.1) is 25.2 Å². The number of carbonyl (C=O) groups is 1. The van der Waals surface area contributed by atoms with Crippen LogP contribution in [0.3, 0.4) is 0 Å². The maximum atomic E-state index is 11.3. The standard InChI is InChI=1S/C12H16N4O5/c1-8(17)13-9-7-10(16(18)19)11(14-12(9)20-2)15-3-5-21-6-4-15/h7H,3-6H2,1-2H3,(H,13,17). The van der Waals surface area contributed by atoms with Gasteiger partial charge in [-0.3, -0.25) is 14.9 Å². The van der Waals surface area contributed by atoms with Crippen molar-refractivity contribution < 1.29 is 19.2 Å². The third kappa shape index (κ3) is 3.37. The third-order valence-corrected chi connectivity index (χ3v) is 2.96. The minimum absolute atomic E-state index is 0.136. The van der Waals surface area contributed by atoms with Gasteiger partial charge >= 0.3 is 5.69 Å². The lowest BCUT2D eigenvalue weighted by molar-refractivity contribution is -0.384. The molecule has 0 aromatic carbocycles. The number of nitro groups is 1. The van der Waals surface area contributed by atoms with Gasteiger partial charge in [-0.25, -0.2) is 0 Å². The van der Waals surface area contributed by atoms with Crippen LogP contribution < -0.4 is 15.0 Å². The molecular formula is C12H16N4O5. The largest absolute Gasteiger partial charge is 0.479 e. The summed E-state index contributed by atoms with van der Waals surface area (Å²) in [6.07, 6.45) is 0. The Hall–Kier alpha value is -2.42. The predicted octanol–water partition coefficient (Wildman–Crippen LogP) is 0.793. The molecule has 0 bridgehead atoms. The number of ether oxygens (including phenoxy) is 2. The number of methoxy groups -OCH3 is 1. The molecule has 1 aliphatic rings. The molecule has 1 aromatic rings. The van der Waals surface area contributed by atoms with Crippen molar-refractivity contribution in [2.24, 2.45) is 0 Å². The third-order valence-electron chi connectivity index (χ3n) is 2.96. The highest BCUT2D eigenvalue weighted by molar-refractivity contribution is 5.91. The number of nitrogens with one attached hydrogen (secondary N) is 1. The number of morpholine rings is 1. The molecule has 0 saturated carbocycles. The van der Waals surface area contributed by atoms with Crippen LogP contribution in [0.25, 0.3) is 0 Å². The number of amides is 1. The van der Waals surface area contributed by atoms with Crippen LogP contribution in [0, 0.1) is 10.1 Å². The number of anilines is 2. The zero-order valence-corrected chi connectivity index (χ0v) is 11.8. The van der Waals surface area contributed by atoms with E-state index in [1.165, 1.54) is 20.1 Å². The highest BCUT2D eigenvalue weighted by atomic mass is 16.6. The highest BCUT2D eigenvalue weighted by Gasteiger charge is 2.26. The fourth-order valence-electron chi connectivity index (χ4n) is 2.05. The molecule has 9 heteroatoms. The van der Waals surface area contributed by atoms with Crippen molar-refractivity contribution in [2.75, 3.05) is 43.6 Å². The average Bonchev–Trinajstić information content (AvgIpc) is 2.47. The summed E-state index contributed by atoms with van der Waals surface area (Å²) in [5.41, 5.74) is -0.00448. The van der Waals surface area contributed by atoms with Crippen molar-refractivity contribution >= 4 is 23.1 Å². The first-order chi connectivity index (χ1) is 10.0. The summed E-state index contributed by atoms with van der Waals surface area (Å²) < 4.78 is 10.3. The molecule has 1 fully saturated rings. The minimum atomic E-state index is -0.525. The summed E-state index contributed by atoms with van der Waals surface area (Å²) >= 11 is 0. The Morgan fingerprint density at radius 1 is 1.52 bits per heavy atom. The van der Waals surface area contributed by atoms with E-state index < -0.39 is 4.92 Å². The van der Waals surface area contributed by atoms with Crippen molar-refractivity contribution in [1.82, 2.24) is 4.98 Å². The van der Waals surface area contributed by atoms with Gasteiger partial charge in [-0.05, 0) is 0 Å². The Kier molecular flexibility index (Phi) is 4.53. The second-order valence-electron chi connectivity index (χ2n) is 4.43. The number of aromatic nitrogens is 1. The second-order valence-corrected chi connectivity index (χ2v) is 4.43. The summed E-state index contributed by atoms with van der Waals surface area (Å²) in [7, 11) is 1.39. The van der Waals surface area contributed by atoms with Crippen LogP contribution in [-0.4, -0.2) is 49.2 Å². The van der Waals surface area contributed by atoms with Crippen LogP contribution in [-0.2, 0) is 9.53 Å². The van der Waals surface area contributed by atoms with Gasteiger partial charge in [0.2, 0.25) is 17.6 Å². The Balaban J connectivity index is 2.47. The topological polar surface area (TPSA) is 107 Å². The van der Waals surface area contributed by atoms with Crippen molar-refractivity contribution in [2.45, 2.75) is 6.92 Å². The Morgan fingerprint density at radius 3 is 2.71 bits per heavy atom. The van der Waals surface area contributed by atoms with Gasteiger partial charge in [-0.15, -0.1) is 0 Å². The van der Waals surface area contributed by atoms with Gasteiger partial charge in [-0.2, -0.15) is 4.98 Å². The van der Waals surface area contributed by atoms with Crippen molar-refractivity contribution in [3.8, 4) is 5.88 Å². The summed E-state index contributed by atoms with van der Waals surface area (Å²) in [6, 6.07) is 1.26. The van der Waals surface area contributed by atoms with Gasteiger partial charge in [-0.1, -0.05) is 0 Å². The van der Waals surface area contributed by atoms with E-state index in [4.69, 9.17) is 9.47 Å². The van der Waals surface area contributed by atoms with E-state index >= 15 is 0 Å². The van der Waals surface area contributed by atoms with E-state index in [1.54, 1.807) is 4.90 Å². The molecule has 9 nitrogen and oxygen atoms in total. The summed E-state index contributed by atoms with van der Waals surface area (Å²) in [6.45, 7) is 3.29. The molecule has 21 heavy (non-hydrogen) atoms. The van der Waals surface area contributed by atoms with Gasteiger partial charge < -0.3 is 19.7 Å². The lowest BCUT2D eigenvalue weighted by Crippen LogP contribution is -2.37. The molecule has 1 aliphatic heterocycles. The molecule has 1 N–H and O–H groups in total. The van der Waals surface area contributed by atoms with E-state index in [9.17, 15) is 14.9 Å². The SMILES string of the molecule is COc1nc(N2CCOCC2)c([N+](=O)[O-])cc1NC(C)=O. The van der Waals surface area contributed by atoms with E-state index in [0.717, 1.165) is 0 Å². The lowest BCUT2D eigenvalue weighted by atomic mass is 10.3. The zero-order valence-electron chi connectivity index (χ0n) is 11.8. The van der Waals surface area contributed by atoms with Gasteiger partial charge in [0.15, 0.2) is 0 Å². The molecule has 0 atom stereocenters. The Bertz CT molecular complexity index is 557. The molecule has 1 amide bonds. The van der Waals surface area contributed by atoms with E-state index in [0.29, 0.717) is 26.3 Å². The molecule has 1 saturated heterocycles. The minimum Gasteiger partial charge on any atom is -0.479 e. The van der Waals surface area contributed by atoms with Crippen LogP contribution in [0.2, 0.25) is 0 Å². The first kappa shape index (κ1) is 15.0. The predicted molar refractivity (Wildman–Crippen MR) is 74.8 cm³/mol. The Morgan fingerprint density at radius 2 is 2.19 bits per heavy atom. The summed E-state index contributed by atoms with van der Waals surface area (Å²) in [5, 5.41) is 13.7. The van der Waals surface area contributed by atoms with Crippen molar-refractivity contribution in [3.63, 3.8) is 0 Å². The number of hydrogen-bond donors (Lipinski definition) is 1. The quantitative estimate of drug-likeness (QED) is 0.646. The summed E-state index contributed by atoms with van der Waals surface area (Å²) in [5.74, 6) is -0.00457. The molecule has 0 radical (unpaired) electrons. The van der Waals surface area contributed by atoms with Crippen LogP contribution in [0.5, 0.6) is 5.88 Å². The molecule has 1 aromatic heterocycles. The molecule has 2 rings (SSSR count). The zero-order chi connectivity index (χ0) is 15.4. The molecular weight excluding hydrogens is 280 g/mol. The van der Waals surface area contributed by atoms with E-state index in [2.05, 4.69) is 10.3 Å². The number of rotatable bonds is 4. The Labute approximate surface area is 121 Å². The van der Waals surface area contributed by atoms with E-state index in [1.807, 2.05) is 0 Å². The van der Waals surface area contributed by atoms with Crippen LogP contribution in [0.1, 0.15) is 6.92 Å². The van der Waals surface area contributed by atoms with Crippen LogP contribution in [0.15, 0.2) is 6.07 Å². The molecule has 114 valence electrons. The van der Waals surface area contributed by atoms with Crippen molar-refractivity contribution in [3.05, 3.63) is 16.2 Å². The summed E-state index contributed by atoms with van der Waals surface area (Å²) in [4.78, 5) is 27.8. The number of nitrogens with zero attached hydrogens (tertiary/aromatic N) is 3. The lowest BCUT2D eigenvalue weighted by Gasteiger charge is -2.27.